The number of piperazine rings is 1. The summed E-state index contributed by atoms with van der Waals surface area (Å²) in [6, 6.07) is 4.50. The van der Waals surface area contributed by atoms with Crippen molar-refractivity contribution in [1.29, 1.82) is 0 Å². The summed E-state index contributed by atoms with van der Waals surface area (Å²) in [6.45, 7) is 6.50. The van der Waals surface area contributed by atoms with Gasteiger partial charge in [0.25, 0.3) is 0 Å². The molecule has 1 aromatic carbocycles. The lowest BCUT2D eigenvalue weighted by Crippen LogP contribution is -2.60. The zero-order valence-corrected chi connectivity index (χ0v) is 14.4. The van der Waals surface area contributed by atoms with E-state index in [4.69, 9.17) is 0 Å². The predicted octanol–water partition coefficient (Wildman–Crippen LogP) is 1.54. The number of rotatable bonds is 5. The third-order valence-corrected chi connectivity index (χ3v) is 4.52. The molecule has 0 aromatic heterocycles. The van der Waals surface area contributed by atoms with Crippen LogP contribution in [0.3, 0.4) is 0 Å². The highest BCUT2D eigenvalue weighted by Gasteiger charge is 2.35. The molecule has 1 aliphatic rings. The molecular formula is C17H24F3N3O2. The Morgan fingerprint density at radius 1 is 1.32 bits per heavy atom. The van der Waals surface area contributed by atoms with E-state index in [1.54, 1.807) is 13.8 Å². The van der Waals surface area contributed by atoms with Gasteiger partial charge in [0.05, 0.1) is 17.2 Å². The molecule has 0 aliphatic carbocycles. The Morgan fingerprint density at radius 3 is 2.56 bits per heavy atom. The van der Waals surface area contributed by atoms with E-state index in [9.17, 15) is 23.1 Å². The van der Waals surface area contributed by atoms with Gasteiger partial charge < -0.3 is 15.7 Å². The van der Waals surface area contributed by atoms with Gasteiger partial charge in [0, 0.05) is 32.7 Å². The third kappa shape index (κ3) is 4.93. The first-order valence-corrected chi connectivity index (χ1v) is 8.21. The van der Waals surface area contributed by atoms with E-state index in [0.717, 1.165) is 38.3 Å². The van der Waals surface area contributed by atoms with Crippen LogP contribution in [-0.2, 0) is 11.0 Å². The minimum Gasteiger partial charge on any atom is -0.387 e. The van der Waals surface area contributed by atoms with Crippen molar-refractivity contribution in [3.05, 3.63) is 35.4 Å². The second kappa shape index (κ2) is 7.72. The molecule has 3 N–H and O–H groups in total. The van der Waals surface area contributed by atoms with Crippen molar-refractivity contribution >= 4 is 5.91 Å². The van der Waals surface area contributed by atoms with E-state index in [1.165, 1.54) is 12.1 Å². The van der Waals surface area contributed by atoms with Gasteiger partial charge in [-0.2, -0.15) is 13.2 Å². The molecule has 1 aliphatic heterocycles. The highest BCUT2D eigenvalue weighted by atomic mass is 19.4. The van der Waals surface area contributed by atoms with Crippen LogP contribution in [0, 0.1) is 0 Å². The van der Waals surface area contributed by atoms with Crippen LogP contribution in [0.25, 0.3) is 0 Å². The number of aliphatic hydroxyl groups is 1. The van der Waals surface area contributed by atoms with E-state index < -0.39 is 23.4 Å². The fourth-order valence-electron chi connectivity index (χ4n) is 2.81. The number of nitrogens with zero attached hydrogens (tertiary/aromatic N) is 1. The zero-order chi connectivity index (χ0) is 18.7. The van der Waals surface area contributed by atoms with E-state index in [1.807, 2.05) is 4.90 Å². The maximum absolute atomic E-state index is 12.7. The number of alkyl halides is 3. The summed E-state index contributed by atoms with van der Waals surface area (Å²) in [6.07, 6.45) is -5.67. The molecule has 0 saturated carbocycles. The van der Waals surface area contributed by atoms with Crippen molar-refractivity contribution in [3.63, 3.8) is 0 Å². The van der Waals surface area contributed by atoms with Crippen LogP contribution >= 0.6 is 0 Å². The Balaban J connectivity index is 1.97. The van der Waals surface area contributed by atoms with Crippen LogP contribution in [0.2, 0.25) is 0 Å². The van der Waals surface area contributed by atoms with E-state index >= 15 is 0 Å². The zero-order valence-electron chi connectivity index (χ0n) is 14.4. The molecule has 1 aromatic rings. The Kier molecular flexibility index (Phi) is 6.08. The number of aliphatic hydroxyl groups excluding tert-OH is 1. The number of hydrogen-bond donors (Lipinski definition) is 3. The largest absolute Gasteiger partial charge is 0.416 e. The molecular weight excluding hydrogens is 335 g/mol. The van der Waals surface area contributed by atoms with Gasteiger partial charge in [0.1, 0.15) is 0 Å². The van der Waals surface area contributed by atoms with Crippen molar-refractivity contribution < 1.29 is 23.1 Å². The standard InChI is InChI=1S/C17H24F3N3O2/c1-16(2,23-8-6-21-7-9-23)15(25)22-11-14(24)12-4-3-5-13(10-12)17(18,19)20/h3-5,10,14,21,24H,6-9,11H2,1-2H3,(H,22,25)/t14-/m1/s1. The minimum atomic E-state index is -4.47. The smallest absolute Gasteiger partial charge is 0.387 e. The van der Waals surface area contributed by atoms with E-state index in [2.05, 4.69) is 10.6 Å². The lowest BCUT2D eigenvalue weighted by atomic mass is 10.00. The third-order valence-electron chi connectivity index (χ3n) is 4.52. The summed E-state index contributed by atoms with van der Waals surface area (Å²) in [5.74, 6) is -0.263. The monoisotopic (exact) mass is 359 g/mol. The average molecular weight is 359 g/mol. The van der Waals surface area contributed by atoms with Crippen molar-refractivity contribution in [2.45, 2.75) is 31.7 Å². The molecule has 1 saturated heterocycles. The summed E-state index contributed by atoms with van der Waals surface area (Å²) >= 11 is 0. The molecule has 1 amide bonds. The van der Waals surface area contributed by atoms with Crippen molar-refractivity contribution in [3.8, 4) is 0 Å². The summed E-state index contributed by atoms with van der Waals surface area (Å²) in [7, 11) is 0. The maximum atomic E-state index is 12.7. The number of amides is 1. The van der Waals surface area contributed by atoms with Crippen LogP contribution in [0.4, 0.5) is 13.2 Å². The Labute approximate surface area is 145 Å². The van der Waals surface area contributed by atoms with Crippen LogP contribution < -0.4 is 10.6 Å². The molecule has 1 atom stereocenters. The molecule has 8 heteroatoms. The van der Waals surface area contributed by atoms with Crippen LogP contribution in [-0.4, -0.2) is 54.2 Å². The molecule has 0 bridgehead atoms. The lowest BCUT2D eigenvalue weighted by Gasteiger charge is -2.39. The molecule has 1 heterocycles. The van der Waals surface area contributed by atoms with Crippen molar-refractivity contribution in [2.75, 3.05) is 32.7 Å². The maximum Gasteiger partial charge on any atom is 0.416 e. The summed E-state index contributed by atoms with van der Waals surface area (Å²) in [5, 5.41) is 16.0. The summed E-state index contributed by atoms with van der Waals surface area (Å²) < 4.78 is 38.2. The highest BCUT2D eigenvalue weighted by Crippen LogP contribution is 2.30. The van der Waals surface area contributed by atoms with Gasteiger partial charge in [-0.15, -0.1) is 0 Å². The molecule has 0 spiro atoms. The summed E-state index contributed by atoms with van der Waals surface area (Å²) in [5.41, 5.74) is -1.46. The molecule has 140 valence electrons. The summed E-state index contributed by atoms with van der Waals surface area (Å²) in [4.78, 5) is 14.5. The van der Waals surface area contributed by atoms with E-state index in [0.29, 0.717) is 0 Å². The molecule has 1 fully saturated rings. The quantitative estimate of drug-likeness (QED) is 0.746. The molecule has 0 unspecified atom stereocenters. The molecule has 0 radical (unpaired) electrons. The predicted molar refractivity (Wildman–Crippen MR) is 87.9 cm³/mol. The molecule has 5 nitrogen and oxygen atoms in total. The molecule has 25 heavy (non-hydrogen) atoms. The fourth-order valence-corrected chi connectivity index (χ4v) is 2.81. The normalized spacial score (nSPS) is 18.0. The van der Waals surface area contributed by atoms with E-state index in [-0.39, 0.29) is 18.0 Å². The Morgan fingerprint density at radius 2 is 1.96 bits per heavy atom. The van der Waals surface area contributed by atoms with Gasteiger partial charge in [-0.1, -0.05) is 12.1 Å². The van der Waals surface area contributed by atoms with Crippen LogP contribution in [0.15, 0.2) is 24.3 Å². The topological polar surface area (TPSA) is 64.6 Å². The van der Waals surface area contributed by atoms with Crippen molar-refractivity contribution in [2.24, 2.45) is 0 Å². The van der Waals surface area contributed by atoms with Crippen LogP contribution in [0.1, 0.15) is 31.1 Å². The first-order valence-electron chi connectivity index (χ1n) is 8.21. The number of carbonyl (C=O) groups is 1. The number of carbonyl (C=O) groups excluding carboxylic acids is 1. The van der Waals surface area contributed by atoms with Gasteiger partial charge in [-0.25, -0.2) is 0 Å². The number of nitrogens with one attached hydrogen (secondary N) is 2. The lowest BCUT2D eigenvalue weighted by molar-refractivity contribution is -0.137. The number of benzene rings is 1. The molecule has 2 rings (SSSR count). The Hall–Kier alpha value is -1.64. The second-order valence-corrected chi connectivity index (χ2v) is 6.65. The van der Waals surface area contributed by atoms with Gasteiger partial charge in [-0.05, 0) is 31.5 Å². The van der Waals surface area contributed by atoms with Gasteiger partial charge in [0.2, 0.25) is 5.91 Å². The van der Waals surface area contributed by atoms with Crippen LogP contribution in [0.5, 0.6) is 0 Å². The first kappa shape index (κ1) is 19.7. The second-order valence-electron chi connectivity index (χ2n) is 6.65. The Bertz CT molecular complexity index is 599. The number of hydrogen-bond acceptors (Lipinski definition) is 4. The van der Waals surface area contributed by atoms with Gasteiger partial charge >= 0.3 is 6.18 Å². The van der Waals surface area contributed by atoms with Gasteiger partial charge in [0.15, 0.2) is 0 Å². The van der Waals surface area contributed by atoms with Gasteiger partial charge in [-0.3, -0.25) is 9.69 Å². The minimum absolute atomic E-state index is 0.120. The average Bonchev–Trinajstić information content (AvgIpc) is 2.59. The first-order chi connectivity index (χ1) is 11.6. The van der Waals surface area contributed by atoms with Crippen molar-refractivity contribution in [1.82, 2.24) is 15.5 Å². The number of halogens is 3. The fraction of sp³-hybridized carbons (Fsp3) is 0.588. The highest BCUT2D eigenvalue weighted by molar-refractivity contribution is 5.85. The SMILES string of the molecule is CC(C)(C(=O)NC[C@@H](O)c1cccc(C(F)(F)F)c1)N1CCNCC1.